The van der Waals surface area contributed by atoms with Gasteiger partial charge in [-0.3, -0.25) is 10.1 Å². The lowest BCUT2D eigenvalue weighted by Gasteiger charge is -2.14. The Labute approximate surface area is 233 Å². The number of aromatic nitrogens is 5. The van der Waals surface area contributed by atoms with Gasteiger partial charge in [-0.1, -0.05) is 24.8 Å². The van der Waals surface area contributed by atoms with Crippen molar-refractivity contribution < 1.29 is 4.39 Å². The molecule has 1 aliphatic rings. The van der Waals surface area contributed by atoms with Crippen LogP contribution in [0, 0.1) is 5.82 Å². The maximum absolute atomic E-state index is 13.9. The van der Waals surface area contributed by atoms with Gasteiger partial charge in [-0.25, -0.2) is 9.37 Å². The van der Waals surface area contributed by atoms with Crippen LogP contribution in [0.1, 0.15) is 37.3 Å². The van der Waals surface area contributed by atoms with Crippen LogP contribution in [0.25, 0.3) is 51.8 Å². The second-order valence-corrected chi connectivity index (χ2v) is 10.5. The first-order valence-corrected chi connectivity index (χ1v) is 13.9. The number of pyridine rings is 2. The van der Waals surface area contributed by atoms with Crippen molar-refractivity contribution in [3.05, 3.63) is 94.6 Å². The van der Waals surface area contributed by atoms with E-state index < -0.39 is 0 Å². The SMILES string of the molecule is C=c1c(-c2cc3c(-c4cccc(F)c4)ccnc3[nH]2)n[nH]/c1=C/C=C(\C)c1cncc(CCCN2CCCC2)c1. The van der Waals surface area contributed by atoms with Gasteiger partial charge in [0.25, 0.3) is 0 Å². The highest BCUT2D eigenvalue weighted by Gasteiger charge is 2.13. The van der Waals surface area contributed by atoms with E-state index in [-0.39, 0.29) is 5.82 Å². The standard InChI is InChI=1S/C33H33FN6/c1-22(26-17-24(20-35-21-26)7-6-16-40-14-3-4-15-40)10-11-30-23(2)32(39-38-30)31-19-29-28(12-13-36-33(29)37-31)25-8-5-9-27(34)18-25/h5,8-13,17-21,38H,2-4,6-7,14-16H2,1H3,(H,36,37)/b22-10+,30-11+. The topological polar surface area (TPSA) is 73.5 Å². The number of halogens is 1. The van der Waals surface area contributed by atoms with Crippen molar-refractivity contribution in [3.8, 4) is 22.5 Å². The Morgan fingerprint density at radius 3 is 2.85 bits per heavy atom. The van der Waals surface area contributed by atoms with Gasteiger partial charge >= 0.3 is 0 Å². The number of fused-ring (bicyclic) bond motifs is 1. The molecule has 40 heavy (non-hydrogen) atoms. The zero-order valence-electron chi connectivity index (χ0n) is 22.8. The van der Waals surface area contributed by atoms with Crippen molar-refractivity contribution in [1.29, 1.82) is 0 Å². The summed E-state index contributed by atoms with van der Waals surface area (Å²) in [5.74, 6) is -0.269. The molecule has 202 valence electrons. The summed E-state index contributed by atoms with van der Waals surface area (Å²) in [7, 11) is 0. The fourth-order valence-electron chi connectivity index (χ4n) is 5.46. The van der Waals surface area contributed by atoms with Gasteiger partial charge in [0, 0.05) is 29.2 Å². The van der Waals surface area contributed by atoms with Gasteiger partial charge in [0.2, 0.25) is 0 Å². The van der Waals surface area contributed by atoms with Crippen LogP contribution in [0.15, 0.2) is 67.1 Å². The van der Waals surface area contributed by atoms with Crippen LogP contribution < -0.4 is 10.6 Å². The average Bonchev–Trinajstić information content (AvgIpc) is 3.72. The highest BCUT2D eigenvalue weighted by molar-refractivity contribution is 5.95. The molecule has 0 unspecified atom stereocenters. The van der Waals surface area contributed by atoms with E-state index in [4.69, 9.17) is 0 Å². The molecule has 6 rings (SSSR count). The minimum Gasteiger partial charge on any atom is -0.338 e. The summed E-state index contributed by atoms with van der Waals surface area (Å²) < 4.78 is 13.9. The maximum atomic E-state index is 13.9. The molecule has 1 fully saturated rings. The Bertz CT molecular complexity index is 1790. The molecule has 5 aromatic rings. The molecular formula is C33H33FN6. The second-order valence-electron chi connectivity index (χ2n) is 10.5. The molecular weight excluding hydrogens is 499 g/mol. The van der Waals surface area contributed by atoms with Crippen molar-refractivity contribution >= 4 is 29.3 Å². The Morgan fingerprint density at radius 1 is 1.12 bits per heavy atom. The van der Waals surface area contributed by atoms with Crippen LogP contribution in [0.5, 0.6) is 0 Å². The number of allylic oxidation sites excluding steroid dienone is 2. The molecule has 1 aromatic carbocycles. The van der Waals surface area contributed by atoms with Gasteiger partial charge in [-0.05, 0) is 116 Å². The smallest absolute Gasteiger partial charge is 0.138 e. The first-order chi connectivity index (χ1) is 19.5. The van der Waals surface area contributed by atoms with Crippen molar-refractivity contribution in [3.63, 3.8) is 0 Å². The molecule has 4 aromatic heterocycles. The number of aryl methyl sites for hydroxylation is 1. The van der Waals surface area contributed by atoms with Crippen LogP contribution in [0.3, 0.4) is 0 Å². The van der Waals surface area contributed by atoms with Gasteiger partial charge < -0.3 is 9.88 Å². The number of hydrogen-bond donors (Lipinski definition) is 2. The predicted octanol–water partition coefficient (Wildman–Crippen LogP) is 5.48. The molecule has 1 saturated heterocycles. The predicted molar refractivity (Wildman–Crippen MR) is 160 cm³/mol. The fraction of sp³-hybridized carbons (Fsp3) is 0.242. The summed E-state index contributed by atoms with van der Waals surface area (Å²) in [6.07, 6.45) is 14.6. The zero-order valence-corrected chi connectivity index (χ0v) is 22.8. The van der Waals surface area contributed by atoms with Gasteiger partial charge in [0.05, 0.1) is 11.0 Å². The van der Waals surface area contributed by atoms with E-state index in [9.17, 15) is 4.39 Å². The highest BCUT2D eigenvalue weighted by Crippen LogP contribution is 2.30. The summed E-state index contributed by atoms with van der Waals surface area (Å²) in [6, 6.07) is 12.7. The minimum atomic E-state index is -0.269. The molecule has 0 radical (unpaired) electrons. The van der Waals surface area contributed by atoms with Crippen molar-refractivity contribution in [1.82, 2.24) is 30.0 Å². The van der Waals surface area contributed by atoms with Gasteiger partial charge in [-0.2, -0.15) is 5.10 Å². The van der Waals surface area contributed by atoms with Crippen LogP contribution >= 0.6 is 0 Å². The molecule has 0 bridgehead atoms. The van der Waals surface area contributed by atoms with E-state index in [2.05, 4.69) is 55.7 Å². The highest BCUT2D eigenvalue weighted by atomic mass is 19.1. The van der Waals surface area contributed by atoms with E-state index in [1.165, 1.54) is 50.2 Å². The van der Waals surface area contributed by atoms with Crippen LogP contribution in [-0.4, -0.2) is 49.7 Å². The summed E-state index contributed by atoms with van der Waals surface area (Å²) in [6.45, 7) is 10.0. The van der Waals surface area contributed by atoms with Crippen molar-refractivity contribution in [2.75, 3.05) is 19.6 Å². The lowest BCUT2D eigenvalue weighted by Crippen LogP contribution is -2.21. The first kappa shape index (κ1) is 25.9. The molecule has 0 amide bonds. The first-order valence-electron chi connectivity index (χ1n) is 13.9. The Morgan fingerprint density at radius 2 is 2.00 bits per heavy atom. The van der Waals surface area contributed by atoms with Crippen molar-refractivity contribution in [2.45, 2.75) is 32.6 Å². The Hall–Kier alpha value is -4.36. The third kappa shape index (κ3) is 5.51. The molecule has 1 aliphatic heterocycles. The molecule has 5 heterocycles. The number of H-pyrrole nitrogens is 2. The quantitative estimate of drug-likeness (QED) is 0.278. The molecule has 0 aliphatic carbocycles. The third-order valence-corrected chi connectivity index (χ3v) is 7.71. The van der Waals surface area contributed by atoms with Gasteiger partial charge in [-0.15, -0.1) is 0 Å². The molecule has 0 saturated carbocycles. The second kappa shape index (κ2) is 11.4. The summed E-state index contributed by atoms with van der Waals surface area (Å²) in [4.78, 5) is 14.9. The van der Waals surface area contributed by atoms with Crippen LogP contribution in [0.2, 0.25) is 0 Å². The van der Waals surface area contributed by atoms with E-state index >= 15 is 0 Å². The summed E-state index contributed by atoms with van der Waals surface area (Å²) >= 11 is 0. The molecule has 6 nitrogen and oxygen atoms in total. The number of benzene rings is 1. The average molecular weight is 533 g/mol. The normalized spacial score (nSPS) is 14.9. The Kier molecular flexibility index (Phi) is 7.38. The zero-order chi connectivity index (χ0) is 27.5. The summed E-state index contributed by atoms with van der Waals surface area (Å²) in [5, 5.41) is 10.2. The molecule has 2 N–H and O–H groups in total. The number of nitrogens with one attached hydrogen (secondary N) is 2. The number of hydrogen-bond acceptors (Lipinski definition) is 4. The fourth-order valence-corrected chi connectivity index (χ4v) is 5.46. The van der Waals surface area contributed by atoms with E-state index in [1.54, 1.807) is 12.3 Å². The monoisotopic (exact) mass is 532 g/mol. The number of nitrogens with zero attached hydrogens (tertiary/aromatic N) is 4. The largest absolute Gasteiger partial charge is 0.338 e. The minimum absolute atomic E-state index is 0.269. The number of likely N-dealkylation sites (tertiary alicyclic amines) is 1. The molecule has 7 heteroatoms. The van der Waals surface area contributed by atoms with Crippen molar-refractivity contribution in [2.24, 2.45) is 0 Å². The third-order valence-electron chi connectivity index (χ3n) is 7.71. The van der Waals surface area contributed by atoms with Gasteiger partial charge in [0.1, 0.15) is 17.2 Å². The van der Waals surface area contributed by atoms with Gasteiger partial charge in [0.15, 0.2) is 0 Å². The van der Waals surface area contributed by atoms with Crippen LogP contribution in [-0.2, 0) is 6.42 Å². The number of rotatable bonds is 8. The number of aromatic amines is 2. The van der Waals surface area contributed by atoms with E-state index in [0.29, 0.717) is 5.65 Å². The van der Waals surface area contributed by atoms with Crippen LogP contribution in [0.4, 0.5) is 4.39 Å². The summed E-state index contributed by atoms with van der Waals surface area (Å²) in [5.41, 5.74) is 7.47. The lowest BCUT2D eigenvalue weighted by molar-refractivity contribution is 0.334. The lowest BCUT2D eigenvalue weighted by atomic mass is 10.0. The molecule has 0 spiro atoms. The molecule has 0 atom stereocenters. The van der Waals surface area contributed by atoms with E-state index in [0.717, 1.165) is 62.4 Å². The maximum Gasteiger partial charge on any atom is 0.138 e. The Balaban J connectivity index is 1.22. The van der Waals surface area contributed by atoms with E-state index in [1.807, 2.05) is 36.7 Å².